The first-order valence-electron chi connectivity index (χ1n) is 16.7. The molecular weight excluding hydrogens is 550 g/mol. The van der Waals surface area contributed by atoms with Crippen molar-refractivity contribution in [1.82, 2.24) is 0 Å². The van der Waals surface area contributed by atoms with Crippen molar-refractivity contribution in [2.45, 2.75) is 44.1 Å². The van der Waals surface area contributed by atoms with E-state index in [-0.39, 0.29) is 5.54 Å². The van der Waals surface area contributed by atoms with Crippen molar-refractivity contribution in [3.63, 3.8) is 0 Å². The molecular formula is C42H33NO2. The number of para-hydroxylation sites is 2. The lowest BCUT2D eigenvalue weighted by Gasteiger charge is -2.61. The monoisotopic (exact) mass is 583 g/mol. The van der Waals surface area contributed by atoms with Gasteiger partial charge in [-0.2, -0.15) is 0 Å². The van der Waals surface area contributed by atoms with Crippen molar-refractivity contribution >= 4 is 76.8 Å². The van der Waals surface area contributed by atoms with E-state index in [1.165, 1.54) is 82.2 Å². The van der Waals surface area contributed by atoms with Gasteiger partial charge in [0.1, 0.15) is 22.3 Å². The number of furan rings is 2. The van der Waals surface area contributed by atoms with Gasteiger partial charge in [0.2, 0.25) is 0 Å². The summed E-state index contributed by atoms with van der Waals surface area (Å²) in [5.74, 6) is 2.44. The van der Waals surface area contributed by atoms with Crippen LogP contribution in [0.2, 0.25) is 0 Å². The van der Waals surface area contributed by atoms with Crippen LogP contribution in [0.3, 0.4) is 0 Å². The summed E-state index contributed by atoms with van der Waals surface area (Å²) < 4.78 is 13.4. The Bertz CT molecular complexity index is 2460. The van der Waals surface area contributed by atoms with Crippen LogP contribution in [0.25, 0.3) is 65.4 Å². The number of benzene rings is 6. The number of rotatable bonds is 3. The zero-order valence-electron chi connectivity index (χ0n) is 25.1. The van der Waals surface area contributed by atoms with Crippen LogP contribution in [0.4, 0.5) is 11.4 Å². The van der Waals surface area contributed by atoms with Gasteiger partial charge in [-0.3, -0.25) is 0 Å². The minimum atomic E-state index is 0.0737. The Balaban J connectivity index is 1.25. The molecule has 8 aromatic rings. The van der Waals surface area contributed by atoms with Gasteiger partial charge in [-0.05, 0) is 102 Å². The molecule has 0 spiro atoms. The maximum atomic E-state index is 6.81. The molecule has 3 heteroatoms. The van der Waals surface area contributed by atoms with Crippen molar-refractivity contribution in [1.29, 1.82) is 0 Å². The molecule has 0 amide bonds. The molecule has 0 unspecified atom stereocenters. The fourth-order valence-electron chi connectivity index (χ4n) is 10.4. The minimum absolute atomic E-state index is 0.0737. The molecule has 218 valence electrons. The smallest absolute Gasteiger partial charge is 0.149 e. The third-order valence-corrected chi connectivity index (χ3v) is 11.7. The summed E-state index contributed by atoms with van der Waals surface area (Å²) in [6.07, 6.45) is 7.98. The van der Waals surface area contributed by atoms with Gasteiger partial charge in [0.05, 0.1) is 16.5 Å². The maximum absolute atomic E-state index is 6.81. The average molecular weight is 584 g/mol. The molecule has 4 aliphatic rings. The van der Waals surface area contributed by atoms with Crippen molar-refractivity contribution in [2.24, 2.45) is 17.8 Å². The highest BCUT2D eigenvalue weighted by atomic mass is 16.3. The third kappa shape index (κ3) is 3.36. The van der Waals surface area contributed by atoms with Crippen LogP contribution in [0.5, 0.6) is 0 Å². The van der Waals surface area contributed by atoms with Gasteiger partial charge in [-0.25, -0.2) is 0 Å². The molecule has 6 aromatic carbocycles. The van der Waals surface area contributed by atoms with Crippen LogP contribution in [0.1, 0.15) is 38.5 Å². The summed E-state index contributed by atoms with van der Waals surface area (Å²) in [5.41, 5.74) is 6.26. The molecule has 2 aromatic heterocycles. The van der Waals surface area contributed by atoms with E-state index in [2.05, 4.69) is 114 Å². The Morgan fingerprint density at radius 2 is 1.11 bits per heavy atom. The van der Waals surface area contributed by atoms with Gasteiger partial charge in [-0.15, -0.1) is 0 Å². The molecule has 0 radical (unpaired) electrons. The van der Waals surface area contributed by atoms with E-state index in [9.17, 15) is 0 Å². The van der Waals surface area contributed by atoms with Gasteiger partial charge >= 0.3 is 0 Å². The quantitative estimate of drug-likeness (QED) is 0.194. The minimum Gasteiger partial charge on any atom is -0.456 e. The van der Waals surface area contributed by atoms with E-state index in [1.54, 1.807) is 0 Å². The van der Waals surface area contributed by atoms with Crippen molar-refractivity contribution in [3.8, 4) is 0 Å². The van der Waals surface area contributed by atoms with Crippen LogP contribution < -0.4 is 4.90 Å². The van der Waals surface area contributed by atoms with Gasteiger partial charge < -0.3 is 13.7 Å². The number of hydrogen-bond donors (Lipinski definition) is 0. The molecule has 0 atom stereocenters. The molecule has 4 bridgehead atoms. The maximum Gasteiger partial charge on any atom is 0.149 e. The second-order valence-electron chi connectivity index (χ2n) is 14.3. The molecule has 4 aliphatic carbocycles. The Hall–Kier alpha value is -4.76. The highest BCUT2D eigenvalue weighted by molar-refractivity contribution is 6.26. The zero-order valence-corrected chi connectivity index (χ0v) is 25.1. The normalized spacial score (nSPS) is 24.2. The second-order valence-corrected chi connectivity index (χ2v) is 14.3. The Kier molecular flexibility index (Phi) is 4.74. The highest BCUT2D eigenvalue weighted by Gasteiger charge is 2.54. The van der Waals surface area contributed by atoms with Crippen LogP contribution in [0.15, 0.2) is 118 Å². The summed E-state index contributed by atoms with van der Waals surface area (Å²) in [4.78, 5) is 2.78. The summed E-state index contributed by atoms with van der Waals surface area (Å²) in [6, 6.07) is 39.9. The lowest BCUT2D eigenvalue weighted by Crippen LogP contribution is -2.58. The first-order valence-corrected chi connectivity index (χ1v) is 16.7. The summed E-state index contributed by atoms with van der Waals surface area (Å²) >= 11 is 0. The van der Waals surface area contributed by atoms with E-state index in [1.807, 2.05) is 0 Å². The Morgan fingerprint density at radius 3 is 1.87 bits per heavy atom. The van der Waals surface area contributed by atoms with Gasteiger partial charge in [0.25, 0.3) is 0 Å². The molecule has 4 fully saturated rings. The van der Waals surface area contributed by atoms with Crippen LogP contribution in [0, 0.1) is 17.8 Å². The molecule has 2 heterocycles. The van der Waals surface area contributed by atoms with E-state index in [4.69, 9.17) is 8.83 Å². The fourth-order valence-corrected chi connectivity index (χ4v) is 10.4. The van der Waals surface area contributed by atoms with Crippen molar-refractivity contribution in [3.05, 3.63) is 109 Å². The predicted molar refractivity (Wildman–Crippen MR) is 185 cm³/mol. The first kappa shape index (κ1) is 24.5. The molecule has 3 nitrogen and oxygen atoms in total. The summed E-state index contributed by atoms with van der Waals surface area (Å²) in [6.45, 7) is 0. The van der Waals surface area contributed by atoms with E-state index >= 15 is 0 Å². The zero-order chi connectivity index (χ0) is 29.3. The van der Waals surface area contributed by atoms with E-state index in [0.29, 0.717) is 0 Å². The van der Waals surface area contributed by atoms with Gasteiger partial charge in [0, 0.05) is 28.1 Å². The van der Waals surface area contributed by atoms with Crippen LogP contribution in [-0.4, -0.2) is 5.54 Å². The third-order valence-electron chi connectivity index (χ3n) is 11.7. The summed E-state index contributed by atoms with van der Waals surface area (Å²) in [5, 5.41) is 9.79. The molecule has 0 saturated heterocycles. The van der Waals surface area contributed by atoms with E-state index in [0.717, 1.165) is 50.9 Å². The number of nitrogens with zero attached hydrogens (tertiary/aromatic N) is 1. The Labute approximate surface area is 261 Å². The summed E-state index contributed by atoms with van der Waals surface area (Å²) in [7, 11) is 0. The van der Waals surface area contributed by atoms with E-state index < -0.39 is 0 Å². The molecule has 45 heavy (non-hydrogen) atoms. The lowest BCUT2D eigenvalue weighted by atomic mass is 9.52. The Morgan fingerprint density at radius 1 is 0.511 bits per heavy atom. The number of fused-ring (bicyclic) bond motifs is 10. The van der Waals surface area contributed by atoms with Gasteiger partial charge in [-0.1, -0.05) is 78.9 Å². The second kappa shape index (κ2) is 8.69. The molecule has 0 N–H and O–H groups in total. The fraction of sp³-hybridized carbons (Fsp3) is 0.238. The first-order chi connectivity index (χ1) is 22.2. The molecule has 12 rings (SSSR count). The van der Waals surface area contributed by atoms with Crippen LogP contribution in [-0.2, 0) is 0 Å². The molecule has 4 saturated carbocycles. The standard InChI is InChI=1S/C42H33NO2/c1-2-8-31-28(7-1)13-14-29-20-30(15-16-32(29)31)43(42-22-25-17-26(23-42)19-27(18-25)24-42)35-21-38-40(34-10-4-5-11-36(34)44-38)41-39(35)33-9-3-6-12-37(33)45-41/h1-16,20-21,25-27H,17-19,22-24H2. The van der Waals surface area contributed by atoms with Crippen molar-refractivity contribution in [2.75, 3.05) is 4.90 Å². The molecule has 0 aliphatic heterocycles. The van der Waals surface area contributed by atoms with Crippen LogP contribution >= 0.6 is 0 Å². The lowest BCUT2D eigenvalue weighted by molar-refractivity contribution is 0.000663. The topological polar surface area (TPSA) is 29.5 Å². The number of hydrogen-bond acceptors (Lipinski definition) is 3. The van der Waals surface area contributed by atoms with Crippen molar-refractivity contribution < 1.29 is 8.83 Å². The predicted octanol–water partition coefficient (Wildman–Crippen LogP) is 11.9. The number of anilines is 2. The average Bonchev–Trinajstić information content (AvgIpc) is 3.62. The highest BCUT2D eigenvalue weighted by Crippen LogP contribution is 2.61. The van der Waals surface area contributed by atoms with Gasteiger partial charge in [0.15, 0.2) is 0 Å². The largest absolute Gasteiger partial charge is 0.456 e. The SMILES string of the molecule is c1ccc2c(c1)ccc1cc(N(c3cc4oc5ccccc5c4c4oc5ccccc5c34)C34CC5CC(CC(C5)C3)C4)ccc12.